The summed E-state index contributed by atoms with van der Waals surface area (Å²) >= 11 is 6.00. The van der Waals surface area contributed by atoms with E-state index < -0.39 is 26.4 Å². The molecule has 3 aromatic rings. The van der Waals surface area contributed by atoms with Crippen LogP contribution < -0.4 is 0 Å². The van der Waals surface area contributed by atoms with Crippen molar-refractivity contribution < 1.29 is 17.2 Å². The molecule has 0 aliphatic rings. The molecule has 0 atom stereocenters. The Balaban J connectivity index is 2.24. The first-order valence-electron chi connectivity index (χ1n) is 7.17. The van der Waals surface area contributed by atoms with Crippen LogP contribution in [0.4, 0.5) is 8.78 Å². The quantitative estimate of drug-likeness (QED) is 0.659. The van der Waals surface area contributed by atoms with Crippen LogP contribution in [0, 0.1) is 11.6 Å². The van der Waals surface area contributed by atoms with Crippen molar-refractivity contribution in [3.63, 3.8) is 0 Å². The Bertz CT molecular complexity index is 1070. The standard InChI is InChI=1S/C18H12ClF2NO2S/c1-25(23,24)18-9-16(20)14(8-17(18)21)15-10-22-6-5-13(15)11-3-2-4-12(19)7-11/h2-10H,1H3. The second-order valence-corrected chi connectivity index (χ2v) is 7.89. The van der Waals surface area contributed by atoms with Gasteiger partial charge in [-0.15, -0.1) is 0 Å². The SMILES string of the molecule is CS(=O)(=O)c1cc(F)c(-c2cnccc2-c2cccc(Cl)c2)cc1F. The molecule has 1 aromatic heterocycles. The molecule has 25 heavy (non-hydrogen) atoms. The molecular weight excluding hydrogens is 368 g/mol. The van der Waals surface area contributed by atoms with Gasteiger partial charge >= 0.3 is 0 Å². The second kappa shape index (κ2) is 6.54. The van der Waals surface area contributed by atoms with E-state index in [-0.39, 0.29) is 5.56 Å². The highest BCUT2D eigenvalue weighted by molar-refractivity contribution is 7.90. The number of halogens is 3. The van der Waals surface area contributed by atoms with Gasteiger partial charge in [-0.3, -0.25) is 4.98 Å². The Hall–Kier alpha value is -2.31. The average molecular weight is 380 g/mol. The molecular formula is C18H12ClF2NO2S. The number of nitrogens with zero attached hydrogens (tertiary/aromatic N) is 1. The summed E-state index contributed by atoms with van der Waals surface area (Å²) < 4.78 is 51.9. The lowest BCUT2D eigenvalue weighted by Gasteiger charge is -2.12. The molecule has 0 radical (unpaired) electrons. The summed E-state index contributed by atoms with van der Waals surface area (Å²) in [5.41, 5.74) is 1.56. The summed E-state index contributed by atoms with van der Waals surface area (Å²) in [6.07, 6.45) is 3.75. The van der Waals surface area contributed by atoms with Crippen LogP contribution in [0.25, 0.3) is 22.3 Å². The summed E-state index contributed by atoms with van der Waals surface area (Å²) in [5, 5.41) is 0.499. The zero-order chi connectivity index (χ0) is 18.2. The molecule has 2 aromatic carbocycles. The summed E-state index contributed by atoms with van der Waals surface area (Å²) in [5.74, 6) is -1.86. The molecule has 128 valence electrons. The lowest BCUT2D eigenvalue weighted by atomic mass is 9.96. The van der Waals surface area contributed by atoms with Gasteiger partial charge in [0.2, 0.25) is 0 Å². The summed E-state index contributed by atoms with van der Waals surface area (Å²) in [6.45, 7) is 0. The van der Waals surface area contributed by atoms with E-state index in [2.05, 4.69) is 4.98 Å². The van der Waals surface area contributed by atoms with Gasteiger partial charge in [-0.05, 0) is 41.5 Å². The van der Waals surface area contributed by atoms with Crippen LogP contribution in [0.2, 0.25) is 5.02 Å². The Morgan fingerprint density at radius 3 is 2.40 bits per heavy atom. The first kappa shape index (κ1) is 17.5. The molecule has 7 heteroatoms. The Labute approximate surface area is 148 Å². The number of aromatic nitrogens is 1. The van der Waals surface area contributed by atoms with E-state index in [1.807, 2.05) is 0 Å². The van der Waals surface area contributed by atoms with E-state index in [1.165, 1.54) is 12.4 Å². The molecule has 0 spiro atoms. The maximum atomic E-state index is 14.5. The van der Waals surface area contributed by atoms with Crippen molar-refractivity contribution in [3.05, 3.63) is 71.5 Å². The molecule has 0 aliphatic carbocycles. The van der Waals surface area contributed by atoms with E-state index in [0.29, 0.717) is 27.8 Å². The Kier molecular flexibility index (Phi) is 4.58. The topological polar surface area (TPSA) is 47.0 Å². The zero-order valence-corrected chi connectivity index (χ0v) is 14.6. The molecule has 0 saturated carbocycles. The van der Waals surface area contributed by atoms with Gasteiger partial charge in [0.05, 0.1) is 0 Å². The van der Waals surface area contributed by atoms with Crippen LogP contribution in [0.15, 0.2) is 59.8 Å². The molecule has 0 unspecified atom stereocenters. The largest absolute Gasteiger partial charge is 0.264 e. The van der Waals surface area contributed by atoms with Gasteiger partial charge < -0.3 is 0 Å². The van der Waals surface area contributed by atoms with Gasteiger partial charge in [-0.2, -0.15) is 0 Å². The fourth-order valence-corrected chi connectivity index (χ4v) is 3.46. The van der Waals surface area contributed by atoms with Crippen molar-refractivity contribution in [2.75, 3.05) is 6.26 Å². The van der Waals surface area contributed by atoms with Crippen LogP contribution >= 0.6 is 11.6 Å². The number of pyridine rings is 1. The highest BCUT2D eigenvalue weighted by atomic mass is 35.5. The van der Waals surface area contributed by atoms with Crippen molar-refractivity contribution in [1.82, 2.24) is 4.98 Å². The van der Waals surface area contributed by atoms with Crippen molar-refractivity contribution in [3.8, 4) is 22.3 Å². The monoisotopic (exact) mass is 379 g/mol. The van der Waals surface area contributed by atoms with Crippen molar-refractivity contribution in [2.24, 2.45) is 0 Å². The number of hydrogen-bond acceptors (Lipinski definition) is 3. The molecule has 3 nitrogen and oxygen atoms in total. The molecule has 0 bridgehead atoms. The summed E-state index contributed by atoms with van der Waals surface area (Å²) in [7, 11) is -3.87. The fraction of sp³-hybridized carbons (Fsp3) is 0.0556. The number of rotatable bonds is 3. The molecule has 0 N–H and O–H groups in total. The molecule has 0 fully saturated rings. The molecule has 0 amide bonds. The van der Waals surface area contributed by atoms with Gasteiger partial charge in [0.15, 0.2) is 9.84 Å². The van der Waals surface area contributed by atoms with E-state index in [0.717, 1.165) is 12.3 Å². The number of hydrogen-bond donors (Lipinski definition) is 0. The Morgan fingerprint density at radius 2 is 1.72 bits per heavy atom. The number of sulfone groups is 1. The summed E-state index contributed by atoms with van der Waals surface area (Å²) in [6, 6.07) is 10.1. The first-order chi connectivity index (χ1) is 11.8. The minimum absolute atomic E-state index is 0.0759. The Morgan fingerprint density at radius 1 is 0.960 bits per heavy atom. The fourth-order valence-electron chi connectivity index (χ4n) is 2.54. The van der Waals surface area contributed by atoms with Crippen LogP contribution in [-0.2, 0) is 9.84 Å². The van der Waals surface area contributed by atoms with E-state index in [4.69, 9.17) is 11.6 Å². The van der Waals surface area contributed by atoms with Crippen molar-refractivity contribution >= 4 is 21.4 Å². The van der Waals surface area contributed by atoms with Crippen LogP contribution in [0.5, 0.6) is 0 Å². The average Bonchev–Trinajstić information content (AvgIpc) is 2.55. The third-order valence-electron chi connectivity index (χ3n) is 3.67. The third-order valence-corrected chi connectivity index (χ3v) is 5.01. The highest BCUT2D eigenvalue weighted by Gasteiger charge is 2.20. The van der Waals surface area contributed by atoms with E-state index >= 15 is 0 Å². The maximum absolute atomic E-state index is 14.5. The van der Waals surface area contributed by atoms with Gasteiger partial charge in [0.25, 0.3) is 0 Å². The normalized spacial score (nSPS) is 11.5. The molecule has 0 saturated heterocycles. The van der Waals surface area contributed by atoms with Crippen LogP contribution in [-0.4, -0.2) is 19.7 Å². The second-order valence-electron chi connectivity index (χ2n) is 5.47. The molecule has 0 aliphatic heterocycles. The van der Waals surface area contributed by atoms with E-state index in [9.17, 15) is 17.2 Å². The van der Waals surface area contributed by atoms with Gasteiger partial charge in [-0.1, -0.05) is 23.7 Å². The minimum atomic E-state index is -3.87. The number of benzene rings is 2. The summed E-state index contributed by atoms with van der Waals surface area (Å²) in [4.78, 5) is 3.29. The highest BCUT2D eigenvalue weighted by Crippen LogP contribution is 2.35. The lowest BCUT2D eigenvalue weighted by Crippen LogP contribution is -2.03. The van der Waals surface area contributed by atoms with Crippen LogP contribution in [0.1, 0.15) is 0 Å². The first-order valence-corrected chi connectivity index (χ1v) is 9.44. The smallest absolute Gasteiger partial charge is 0.178 e. The van der Waals surface area contributed by atoms with E-state index in [1.54, 1.807) is 30.3 Å². The van der Waals surface area contributed by atoms with Crippen molar-refractivity contribution in [2.45, 2.75) is 4.90 Å². The minimum Gasteiger partial charge on any atom is -0.264 e. The third kappa shape index (κ3) is 3.55. The predicted octanol–water partition coefficient (Wildman–Crippen LogP) is 4.75. The zero-order valence-electron chi connectivity index (χ0n) is 13.0. The lowest BCUT2D eigenvalue weighted by molar-refractivity contribution is 0.557. The van der Waals surface area contributed by atoms with Crippen LogP contribution in [0.3, 0.4) is 0 Å². The van der Waals surface area contributed by atoms with Gasteiger partial charge in [0, 0.05) is 34.8 Å². The van der Waals surface area contributed by atoms with Gasteiger partial charge in [-0.25, -0.2) is 17.2 Å². The molecule has 1 heterocycles. The predicted molar refractivity (Wildman–Crippen MR) is 93.1 cm³/mol. The van der Waals surface area contributed by atoms with Gasteiger partial charge in [0.1, 0.15) is 16.5 Å². The van der Waals surface area contributed by atoms with Crippen molar-refractivity contribution in [1.29, 1.82) is 0 Å². The maximum Gasteiger partial charge on any atom is 0.178 e. The molecule has 3 rings (SSSR count).